The van der Waals surface area contributed by atoms with E-state index >= 15 is 0 Å². The first-order valence-corrected chi connectivity index (χ1v) is 7.84. The van der Waals surface area contributed by atoms with Gasteiger partial charge in [-0.15, -0.1) is 0 Å². The van der Waals surface area contributed by atoms with E-state index in [0.717, 1.165) is 6.42 Å². The molecule has 1 aliphatic rings. The molecule has 0 bridgehead atoms. The minimum Gasteiger partial charge on any atom is -0.497 e. The highest BCUT2D eigenvalue weighted by Crippen LogP contribution is 2.28. The van der Waals surface area contributed by atoms with Crippen molar-refractivity contribution in [3.8, 4) is 11.5 Å². The van der Waals surface area contributed by atoms with Crippen molar-refractivity contribution in [3.63, 3.8) is 0 Å². The lowest BCUT2D eigenvalue weighted by Gasteiger charge is -2.13. The van der Waals surface area contributed by atoms with E-state index in [1.54, 1.807) is 12.1 Å². The summed E-state index contributed by atoms with van der Waals surface area (Å²) in [5.41, 5.74) is 0. The van der Waals surface area contributed by atoms with Gasteiger partial charge in [-0.05, 0) is 24.5 Å². The van der Waals surface area contributed by atoms with Crippen LogP contribution in [0, 0.1) is 5.92 Å². The Bertz CT molecular complexity index is 552. The van der Waals surface area contributed by atoms with Gasteiger partial charge >= 0.3 is 0 Å². The minimum absolute atomic E-state index is 0.0817. The van der Waals surface area contributed by atoms with Crippen LogP contribution in [-0.2, 0) is 14.8 Å². The Balaban J connectivity index is 2.18. The Kier molecular flexibility index (Phi) is 4.85. The molecule has 0 aliphatic carbocycles. The van der Waals surface area contributed by atoms with Gasteiger partial charge in [0.15, 0.2) is 0 Å². The highest BCUT2D eigenvalue weighted by molar-refractivity contribution is 7.89. The summed E-state index contributed by atoms with van der Waals surface area (Å²) in [6, 6.07) is 4.68. The van der Waals surface area contributed by atoms with Crippen molar-refractivity contribution in [2.24, 2.45) is 5.92 Å². The quantitative estimate of drug-likeness (QED) is 0.849. The SMILES string of the molecule is COc1ccc(OC)c(S(=O)(=O)NC[C@H]2CCOC2)c1. The molecule has 7 heteroatoms. The van der Waals surface area contributed by atoms with Gasteiger partial charge in [-0.2, -0.15) is 0 Å². The highest BCUT2D eigenvalue weighted by atomic mass is 32.2. The van der Waals surface area contributed by atoms with E-state index in [-0.39, 0.29) is 10.8 Å². The Morgan fingerprint density at radius 2 is 2.15 bits per heavy atom. The Hall–Kier alpha value is -1.31. The molecule has 1 aliphatic heterocycles. The molecule has 6 nitrogen and oxygen atoms in total. The fraction of sp³-hybridized carbons (Fsp3) is 0.538. The largest absolute Gasteiger partial charge is 0.497 e. The van der Waals surface area contributed by atoms with Crippen LogP contribution in [0.1, 0.15) is 6.42 Å². The van der Waals surface area contributed by atoms with Crippen molar-refractivity contribution in [2.45, 2.75) is 11.3 Å². The van der Waals surface area contributed by atoms with E-state index in [1.807, 2.05) is 0 Å². The third kappa shape index (κ3) is 3.41. The third-order valence-electron chi connectivity index (χ3n) is 3.25. The van der Waals surface area contributed by atoms with Crippen molar-refractivity contribution in [3.05, 3.63) is 18.2 Å². The second-order valence-corrected chi connectivity index (χ2v) is 6.33. The highest BCUT2D eigenvalue weighted by Gasteiger charge is 2.23. The zero-order chi connectivity index (χ0) is 14.6. The minimum atomic E-state index is -3.63. The van der Waals surface area contributed by atoms with Crippen LogP contribution in [0.15, 0.2) is 23.1 Å². The molecule has 1 aromatic rings. The second-order valence-electron chi connectivity index (χ2n) is 4.60. The lowest BCUT2D eigenvalue weighted by atomic mass is 10.1. The number of hydrogen-bond donors (Lipinski definition) is 1. The summed E-state index contributed by atoms with van der Waals surface area (Å²) in [5.74, 6) is 0.984. The van der Waals surface area contributed by atoms with Gasteiger partial charge in [-0.3, -0.25) is 0 Å². The maximum atomic E-state index is 12.3. The molecule has 0 radical (unpaired) electrons. The zero-order valence-electron chi connectivity index (χ0n) is 11.6. The maximum absolute atomic E-state index is 12.3. The number of hydrogen-bond acceptors (Lipinski definition) is 5. The number of rotatable bonds is 6. The van der Waals surface area contributed by atoms with Gasteiger partial charge in [0.05, 0.1) is 20.8 Å². The van der Waals surface area contributed by atoms with Crippen LogP contribution in [0.25, 0.3) is 0 Å². The summed E-state index contributed by atoms with van der Waals surface area (Å²) in [7, 11) is -0.710. The van der Waals surface area contributed by atoms with Crippen molar-refractivity contribution < 1.29 is 22.6 Å². The lowest BCUT2D eigenvalue weighted by molar-refractivity contribution is 0.186. The van der Waals surface area contributed by atoms with Crippen LogP contribution >= 0.6 is 0 Å². The smallest absolute Gasteiger partial charge is 0.244 e. The number of benzene rings is 1. The van der Waals surface area contributed by atoms with E-state index in [1.165, 1.54) is 20.3 Å². The number of sulfonamides is 1. The van der Waals surface area contributed by atoms with E-state index in [0.29, 0.717) is 31.3 Å². The first-order chi connectivity index (χ1) is 9.56. The number of nitrogens with one attached hydrogen (secondary N) is 1. The topological polar surface area (TPSA) is 73.9 Å². The summed E-state index contributed by atoms with van der Waals surface area (Å²) >= 11 is 0. The van der Waals surface area contributed by atoms with Gasteiger partial charge in [-0.1, -0.05) is 0 Å². The van der Waals surface area contributed by atoms with Crippen LogP contribution in [0.3, 0.4) is 0 Å². The molecule has 1 atom stereocenters. The van der Waals surface area contributed by atoms with Crippen molar-refractivity contribution in [1.29, 1.82) is 0 Å². The Labute approximate surface area is 119 Å². The molecule has 2 rings (SSSR count). The van der Waals surface area contributed by atoms with Gasteiger partial charge in [0.2, 0.25) is 10.0 Å². The van der Waals surface area contributed by atoms with E-state index < -0.39 is 10.0 Å². The molecule has 1 saturated heterocycles. The van der Waals surface area contributed by atoms with Crippen LogP contribution in [-0.4, -0.2) is 42.4 Å². The summed E-state index contributed by atoms with van der Waals surface area (Å²) in [5, 5.41) is 0. The molecule has 112 valence electrons. The average molecular weight is 301 g/mol. The first kappa shape index (κ1) is 15.1. The van der Waals surface area contributed by atoms with Crippen molar-refractivity contribution in [1.82, 2.24) is 4.72 Å². The summed E-state index contributed by atoms with van der Waals surface area (Å²) in [6.45, 7) is 1.65. The monoisotopic (exact) mass is 301 g/mol. The molecule has 0 amide bonds. The predicted octanol–water partition coefficient (Wildman–Crippen LogP) is 1.02. The van der Waals surface area contributed by atoms with E-state index in [9.17, 15) is 8.42 Å². The van der Waals surface area contributed by atoms with Crippen molar-refractivity contribution >= 4 is 10.0 Å². The van der Waals surface area contributed by atoms with Gasteiger partial charge in [0, 0.05) is 19.2 Å². The maximum Gasteiger partial charge on any atom is 0.244 e. The van der Waals surface area contributed by atoms with Gasteiger partial charge in [0.25, 0.3) is 0 Å². The average Bonchev–Trinajstić information content (AvgIpc) is 2.98. The molecule has 0 saturated carbocycles. The van der Waals surface area contributed by atoms with Gasteiger partial charge < -0.3 is 14.2 Å². The molecule has 0 aromatic heterocycles. The molecule has 20 heavy (non-hydrogen) atoms. The Morgan fingerprint density at radius 3 is 2.75 bits per heavy atom. The summed E-state index contributed by atoms with van der Waals surface area (Å²) in [4.78, 5) is 0.0817. The first-order valence-electron chi connectivity index (χ1n) is 6.36. The van der Waals surface area contributed by atoms with Crippen LogP contribution in [0.4, 0.5) is 0 Å². The second kappa shape index (κ2) is 6.43. The number of methoxy groups -OCH3 is 2. The molecule has 1 heterocycles. The molecule has 1 N–H and O–H groups in total. The van der Waals surface area contributed by atoms with Crippen LogP contribution < -0.4 is 14.2 Å². The Morgan fingerprint density at radius 1 is 1.35 bits per heavy atom. The zero-order valence-corrected chi connectivity index (χ0v) is 12.4. The normalized spacial score (nSPS) is 19.0. The van der Waals surface area contributed by atoms with E-state index in [4.69, 9.17) is 14.2 Å². The van der Waals surface area contributed by atoms with Gasteiger partial charge in [0.1, 0.15) is 16.4 Å². The predicted molar refractivity (Wildman–Crippen MR) is 73.7 cm³/mol. The number of ether oxygens (including phenoxy) is 3. The van der Waals surface area contributed by atoms with E-state index in [2.05, 4.69) is 4.72 Å². The summed E-state index contributed by atoms with van der Waals surface area (Å²) in [6.07, 6.45) is 0.873. The standard InChI is InChI=1S/C13H19NO5S/c1-17-11-3-4-12(18-2)13(7-11)20(15,16)14-8-10-5-6-19-9-10/h3-4,7,10,14H,5-6,8-9H2,1-2H3/t10-/m1/s1. The van der Waals surface area contributed by atoms with Crippen LogP contribution in [0.5, 0.6) is 11.5 Å². The van der Waals surface area contributed by atoms with Gasteiger partial charge in [-0.25, -0.2) is 13.1 Å². The molecule has 1 aromatic carbocycles. The summed E-state index contributed by atoms with van der Waals surface area (Å²) < 4.78 is 42.7. The molecule has 0 unspecified atom stereocenters. The fourth-order valence-electron chi connectivity index (χ4n) is 2.04. The molecular weight excluding hydrogens is 282 g/mol. The molecule has 0 spiro atoms. The lowest BCUT2D eigenvalue weighted by Crippen LogP contribution is -2.30. The third-order valence-corrected chi connectivity index (χ3v) is 4.69. The molecular formula is C13H19NO5S. The fourth-order valence-corrected chi connectivity index (χ4v) is 3.34. The molecule has 1 fully saturated rings. The van der Waals surface area contributed by atoms with Crippen molar-refractivity contribution in [2.75, 3.05) is 34.0 Å². The van der Waals surface area contributed by atoms with Crippen LogP contribution in [0.2, 0.25) is 0 Å².